The molecule has 1 N–H and O–H groups in total. The fourth-order valence-corrected chi connectivity index (χ4v) is 1.87. The Morgan fingerprint density at radius 3 is 2.31 bits per heavy atom. The molecule has 1 rings (SSSR count). The molecule has 1 fully saturated rings. The van der Waals surface area contributed by atoms with Crippen molar-refractivity contribution in [2.75, 3.05) is 0 Å². The molecular formula is C11H20O2. The fraction of sp³-hybridized carbons (Fsp3) is 0.909. The number of carbonyl (C=O) groups is 1. The molecule has 0 saturated heterocycles. The maximum absolute atomic E-state index is 11.4. The van der Waals surface area contributed by atoms with Crippen LogP contribution in [0.1, 0.15) is 46.0 Å². The van der Waals surface area contributed by atoms with Crippen LogP contribution in [0, 0.1) is 11.8 Å². The van der Waals surface area contributed by atoms with E-state index in [9.17, 15) is 9.90 Å². The number of aliphatic hydroxyl groups is 1. The molecule has 0 aromatic rings. The van der Waals surface area contributed by atoms with Gasteiger partial charge in [-0.25, -0.2) is 0 Å². The fourth-order valence-electron chi connectivity index (χ4n) is 1.87. The summed E-state index contributed by atoms with van der Waals surface area (Å²) in [5, 5.41) is 9.29. The lowest BCUT2D eigenvalue weighted by atomic mass is 9.83. The van der Waals surface area contributed by atoms with E-state index in [1.165, 1.54) is 0 Å². The summed E-state index contributed by atoms with van der Waals surface area (Å²) in [7, 11) is 0. The molecule has 0 aromatic heterocycles. The van der Waals surface area contributed by atoms with E-state index in [1.807, 2.05) is 13.8 Å². The molecule has 1 saturated carbocycles. The number of hydrogen-bond acceptors (Lipinski definition) is 2. The highest BCUT2D eigenvalue weighted by Crippen LogP contribution is 2.27. The summed E-state index contributed by atoms with van der Waals surface area (Å²) >= 11 is 0. The first kappa shape index (κ1) is 10.7. The van der Waals surface area contributed by atoms with Gasteiger partial charge in [0.05, 0.1) is 6.10 Å². The molecule has 0 spiro atoms. The first-order valence-electron chi connectivity index (χ1n) is 5.30. The maximum Gasteiger partial charge on any atom is 0.135 e. The molecule has 0 radical (unpaired) electrons. The molecular weight excluding hydrogens is 164 g/mol. The summed E-state index contributed by atoms with van der Waals surface area (Å²) in [6, 6.07) is 0. The number of hydrogen-bond donors (Lipinski definition) is 1. The zero-order chi connectivity index (χ0) is 9.84. The van der Waals surface area contributed by atoms with Crippen LogP contribution >= 0.6 is 0 Å². The van der Waals surface area contributed by atoms with E-state index >= 15 is 0 Å². The van der Waals surface area contributed by atoms with Gasteiger partial charge in [0.15, 0.2) is 0 Å². The molecule has 13 heavy (non-hydrogen) atoms. The Labute approximate surface area is 80.3 Å². The second-order valence-electron chi connectivity index (χ2n) is 4.50. The summed E-state index contributed by atoms with van der Waals surface area (Å²) < 4.78 is 0. The summed E-state index contributed by atoms with van der Waals surface area (Å²) in [6.45, 7) is 3.92. The van der Waals surface area contributed by atoms with Crippen molar-refractivity contribution < 1.29 is 9.90 Å². The molecule has 1 aliphatic rings. The molecule has 0 atom stereocenters. The SMILES string of the molecule is CC(C)C(=O)CC1CCC(O)CC1. The number of rotatable bonds is 3. The van der Waals surface area contributed by atoms with E-state index in [-0.39, 0.29) is 12.0 Å². The molecule has 0 aliphatic heterocycles. The van der Waals surface area contributed by atoms with Gasteiger partial charge in [-0.15, -0.1) is 0 Å². The number of ketones is 1. The summed E-state index contributed by atoms with van der Waals surface area (Å²) in [6.07, 6.45) is 4.45. The molecule has 2 heteroatoms. The third-order valence-corrected chi connectivity index (χ3v) is 2.95. The van der Waals surface area contributed by atoms with E-state index in [2.05, 4.69) is 0 Å². The summed E-state index contributed by atoms with van der Waals surface area (Å²) in [4.78, 5) is 11.4. The average Bonchev–Trinajstić information content (AvgIpc) is 2.08. The number of Topliss-reactive ketones (excluding diaryl/α,β-unsaturated/α-hetero) is 1. The summed E-state index contributed by atoms with van der Waals surface area (Å²) in [5.74, 6) is 1.09. The Morgan fingerprint density at radius 1 is 1.31 bits per heavy atom. The Bertz CT molecular complexity index is 167. The van der Waals surface area contributed by atoms with Crippen LogP contribution in [0.5, 0.6) is 0 Å². The van der Waals surface area contributed by atoms with E-state index in [0.717, 1.165) is 32.1 Å². The average molecular weight is 184 g/mol. The number of aliphatic hydroxyl groups excluding tert-OH is 1. The topological polar surface area (TPSA) is 37.3 Å². The minimum atomic E-state index is -0.106. The third kappa shape index (κ3) is 3.47. The molecule has 2 nitrogen and oxygen atoms in total. The van der Waals surface area contributed by atoms with Crippen molar-refractivity contribution in [3.05, 3.63) is 0 Å². The largest absolute Gasteiger partial charge is 0.393 e. The second kappa shape index (κ2) is 4.75. The van der Waals surface area contributed by atoms with Gasteiger partial charge >= 0.3 is 0 Å². The first-order chi connectivity index (χ1) is 6.09. The van der Waals surface area contributed by atoms with Crippen LogP contribution < -0.4 is 0 Å². The van der Waals surface area contributed by atoms with Crippen LogP contribution in [-0.4, -0.2) is 17.0 Å². The molecule has 0 unspecified atom stereocenters. The van der Waals surface area contributed by atoms with Crippen LogP contribution in [0.3, 0.4) is 0 Å². The van der Waals surface area contributed by atoms with Crippen LogP contribution in [0.2, 0.25) is 0 Å². The lowest BCUT2D eigenvalue weighted by Gasteiger charge is -2.25. The van der Waals surface area contributed by atoms with Crippen molar-refractivity contribution >= 4 is 5.78 Å². The Balaban J connectivity index is 2.26. The standard InChI is InChI=1S/C11H20O2/c1-8(2)11(13)7-9-3-5-10(12)6-4-9/h8-10,12H,3-7H2,1-2H3. The monoisotopic (exact) mass is 184 g/mol. The van der Waals surface area contributed by atoms with Crippen molar-refractivity contribution in [3.8, 4) is 0 Å². The van der Waals surface area contributed by atoms with E-state index in [1.54, 1.807) is 0 Å². The van der Waals surface area contributed by atoms with Gasteiger partial charge in [0.1, 0.15) is 5.78 Å². The summed E-state index contributed by atoms with van der Waals surface area (Å²) in [5.41, 5.74) is 0. The van der Waals surface area contributed by atoms with Gasteiger partial charge in [0, 0.05) is 12.3 Å². The Kier molecular flexibility index (Phi) is 3.91. The highest BCUT2D eigenvalue weighted by molar-refractivity contribution is 5.80. The van der Waals surface area contributed by atoms with Crippen LogP contribution in [0.15, 0.2) is 0 Å². The molecule has 0 amide bonds. The Morgan fingerprint density at radius 2 is 1.85 bits per heavy atom. The van der Waals surface area contributed by atoms with Gasteiger partial charge in [0.2, 0.25) is 0 Å². The molecule has 0 aromatic carbocycles. The van der Waals surface area contributed by atoms with Gasteiger partial charge in [-0.2, -0.15) is 0 Å². The van der Waals surface area contributed by atoms with Crippen molar-refractivity contribution in [3.63, 3.8) is 0 Å². The van der Waals surface area contributed by atoms with Gasteiger partial charge in [-0.1, -0.05) is 13.8 Å². The van der Waals surface area contributed by atoms with Crippen LogP contribution in [-0.2, 0) is 4.79 Å². The van der Waals surface area contributed by atoms with E-state index in [4.69, 9.17) is 0 Å². The maximum atomic E-state index is 11.4. The number of carbonyl (C=O) groups excluding carboxylic acids is 1. The second-order valence-corrected chi connectivity index (χ2v) is 4.50. The zero-order valence-electron chi connectivity index (χ0n) is 8.62. The van der Waals surface area contributed by atoms with E-state index < -0.39 is 0 Å². The molecule has 0 bridgehead atoms. The highest BCUT2D eigenvalue weighted by atomic mass is 16.3. The van der Waals surface area contributed by atoms with Crippen LogP contribution in [0.4, 0.5) is 0 Å². The minimum Gasteiger partial charge on any atom is -0.393 e. The predicted molar refractivity (Wildman–Crippen MR) is 52.4 cm³/mol. The predicted octanol–water partition coefficient (Wildman–Crippen LogP) is 2.15. The van der Waals surface area contributed by atoms with E-state index in [0.29, 0.717) is 11.7 Å². The van der Waals surface area contributed by atoms with Gasteiger partial charge < -0.3 is 5.11 Å². The normalized spacial score (nSPS) is 29.2. The molecule has 1 aliphatic carbocycles. The van der Waals surface area contributed by atoms with Gasteiger partial charge in [0.25, 0.3) is 0 Å². The lowest BCUT2D eigenvalue weighted by Crippen LogP contribution is -2.21. The smallest absolute Gasteiger partial charge is 0.135 e. The highest BCUT2D eigenvalue weighted by Gasteiger charge is 2.22. The van der Waals surface area contributed by atoms with Gasteiger partial charge in [-0.3, -0.25) is 4.79 Å². The quantitative estimate of drug-likeness (QED) is 0.729. The zero-order valence-corrected chi connectivity index (χ0v) is 8.62. The van der Waals surface area contributed by atoms with Crippen molar-refractivity contribution in [1.29, 1.82) is 0 Å². The van der Waals surface area contributed by atoms with Crippen molar-refractivity contribution in [2.45, 2.75) is 52.1 Å². The van der Waals surface area contributed by atoms with Crippen LogP contribution in [0.25, 0.3) is 0 Å². The Hall–Kier alpha value is -0.370. The van der Waals surface area contributed by atoms with Crippen molar-refractivity contribution in [1.82, 2.24) is 0 Å². The van der Waals surface area contributed by atoms with Crippen molar-refractivity contribution in [2.24, 2.45) is 11.8 Å². The van der Waals surface area contributed by atoms with Gasteiger partial charge in [-0.05, 0) is 31.6 Å². The molecule has 0 heterocycles. The first-order valence-corrected chi connectivity index (χ1v) is 5.30. The third-order valence-electron chi connectivity index (χ3n) is 2.95. The molecule has 76 valence electrons. The minimum absolute atomic E-state index is 0.106. The lowest BCUT2D eigenvalue weighted by molar-refractivity contribution is -0.123.